The first-order valence-corrected chi connectivity index (χ1v) is 8.30. The fraction of sp³-hybridized carbons (Fsp3) is 0.100. The van der Waals surface area contributed by atoms with Crippen LogP contribution in [0.5, 0.6) is 11.5 Å². The average molecular weight is 368 g/mol. The van der Waals surface area contributed by atoms with E-state index in [1.807, 2.05) is 42.5 Å². The number of hydrogen-bond donors (Lipinski definition) is 2. The number of hydrogen-bond acceptors (Lipinski definition) is 4. The molecule has 2 N–H and O–H groups in total. The predicted molar refractivity (Wildman–Crippen MR) is 109 cm³/mol. The summed E-state index contributed by atoms with van der Waals surface area (Å²) < 4.78 is 10.7. The van der Waals surface area contributed by atoms with Crippen molar-refractivity contribution < 1.29 is 14.3 Å². The maximum Gasteiger partial charge on any atom is 0.250 e. The van der Waals surface area contributed by atoms with Crippen molar-refractivity contribution in [2.24, 2.45) is 0 Å². The number of para-hydroxylation sites is 1. The molecule has 0 aromatic heterocycles. The van der Waals surface area contributed by atoms with E-state index in [0.29, 0.717) is 23.8 Å². The molecule has 0 saturated heterocycles. The highest BCUT2D eigenvalue weighted by atomic mass is 32.1. The van der Waals surface area contributed by atoms with E-state index in [2.05, 4.69) is 17.2 Å². The Morgan fingerprint density at radius 1 is 1.23 bits per heavy atom. The van der Waals surface area contributed by atoms with Gasteiger partial charge in [0.1, 0.15) is 18.1 Å². The third kappa shape index (κ3) is 6.07. The molecule has 2 aromatic carbocycles. The summed E-state index contributed by atoms with van der Waals surface area (Å²) in [6, 6.07) is 14.7. The number of ether oxygens (including phenoxy) is 2. The fourth-order valence-electron chi connectivity index (χ4n) is 2.10. The smallest absolute Gasteiger partial charge is 0.250 e. The van der Waals surface area contributed by atoms with Gasteiger partial charge in [-0.1, -0.05) is 36.9 Å². The Morgan fingerprint density at radius 3 is 2.81 bits per heavy atom. The molecule has 0 spiro atoms. The van der Waals surface area contributed by atoms with Crippen molar-refractivity contribution in [1.29, 1.82) is 0 Å². The highest BCUT2D eigenvalue weighted by Gasteiger charge is 2.04. The maximum absolute atomic E-state index is 12.0. The van der Waals surface area contributed by atoms with E-state index in [9.17, 15) is 4.79 Å². The second kappa shape index (κ2) is 10.0. The van der Waals surface area contributed by atoms with Gasteiger partial charge in [0.05, 0.1) is 7.11 Å². The summed E-state index contributed by atoms with van der Waals surface area (Å²) in [6.45, 7) is 4.02. The van der Waals surface area contributed by atoms with Gasteiger partial charge in [-0.2, -0.15) is 0 Å². The van der Waals surface area contributed by atoms with E-state index in [1.165, 1.54) is 6.08 Å². The second-order valence-corrected chi connectivity index (χ2v) is 5.55. The zero-order chi connectivity index (χ0) is 18.8. The van der Waals surface area contributed by atoms with Gasteiger partial charge in [0.2, 0.25) is 5.91 Å². The first kappa shape index (κ1) is 19.2. The predicted octanol–water partition coefficient (Wildman–Crippen LogP) is 3.79. The summed E-state index contributed by atoms with van der Waals surface area (Å²) in [7, 11) is 1.58. The molecule has 2 aromatic rings. The number of thiocarbonyl (C=S) groups is 1. The molecule has 0 aliphatic heterocycles. The van der Waals surface area contributed by atoms with Crippen molar-refractivity contribution in [3.8, 4) is 11.5 Å². The van der Waals surface area contributed by atoms with Crippen molar-refractivity contribution in [2.75, 3.05) is 19.0 Å². The Kier molecular flexibility index (Phi) is 7.39. The van der Waals surface area contributed by atoms with Gasteiger partial charge in [0.15, 0.2) is 5.11 Å². The van der Waals surface area contributed by atoms with Crippen LogP contribution < -0.4 is 20.1 Å². The molecule has 6 heteroatoms. The van der Waals surface area contributed by atoms with Crippen LogP contribution in [0.25, 0.3) is 6.08 Å². The van der Waals surface area contributed by atoms with Crippen molar-refractivity contribution >= 4 is 35.0 Å². The number of amides is 1. The van der Waals surface area contributed by atoms with Crippen LogP contribution in [0.2, 0.25) is 0 Å². The highest BCUT2D eigenvalue weighted by Crippen LogP contribution is 2.19. The average Bonchev–Trinajstić information content (AvgIpc) is 2.65. The van der Waals surface area contributed by atoms with Gasteiger partial charge in [-0.15, -0.1) is 0 Å². The number of benzene rings is 2. The molecule has 0 heterocycles. The normalized spacial score (nSPS) is 10.2. The number of carbonyl (C=O) groups is 1. The van der Waals surface area contributed by atoms with E-state index in [4.69, 9.17) is 21.7 Å². The van der Waals surface area contributed by atoms with E-state index >= 15 is 0 Å². The number of methoxy groups -OCH3 is 1. The fourth-order valence-corrected chi connectivity index (χ4v) is 2.32. The van der Waals surface area contributed by atoms with Crippen LogP contribution in [0.1, 0.15) is 5.56 Å². The largest absolute Gasteiger partial charge is 0.496 e. The van der Waals surface area contributed by atoms with Crippen LogP contribution in [0.4, 0.5) is 5.69 Å². The van der Waals surface area contributed by atoms with Crippen LogP contribution in [0, 0.1) is 0 Å². The molecule has 134 valence electrons. The topological polar surface area (TPSA) is 59.6 Å². The van der Waals surface area contributed by atoms with Crippen molar-refractivity contribution in [1.82, 2.24) is 5.32 Å². The minimum atomic E-state index is -0.340. The van der Waals surface area contributed by atoms with Gasteiger partial charge < -0.3 is 14.8 Å². The molecule has 0 bridgehead atoms. The Morgan fingerprint density at radius 2 is 2.04 bits per heavy atom. The monoisotopic (exact) mass is 368 g/mol. The first-order chi connectivity index (χ1) is 12.6. The van der Waals surface area contributed by atoms with E-state index in [-0.39, 0.29) is 11.0 Å². The van der Waals surface area contributed by atoms with E-state index in [0.717, 1.165) is 5.56 Å². The van der Waals surface area contributed by atoms with E-state index in [1.54, 1.807) is 25.3 Å². The third-order valence-electron chi connectivity index (χ3n) is 3.25. The molecule has 2 rings (SSSR count). The van der Waals surface area contributed by atoms with Crippen LogP contribution in [-0.2, 0) is 4.79 Å². The lowest BCUT2D eigenvalue weighted by Gasteiger charge is -2.10. The van der Waals surface area contributed by atoms with Crippen LogP contribution >= 0.6 is 12.2 Å². The van der Waals surface area contributed by atoms with Crippen molar-refractivity contribution in [3.05, 3.63) is 72.8 Å². The lowest BCUT2D eigenvalue weighted by molar-refractivity contribution is -0.115. The molecule has 0 aliphatic rings. The minimum Gasteiger partial charge on any atom is -0.496 e. The van der Waals surface area contributed by atoms with Gasteiger partial charge in [-0.25, -0.2) is 0 Å². The molecule has 0 aliphatic carbocycles. The summed E-state index contributed by atoms with van der Waals surface area (Å²) in [4.78, 5) is 12.0. The van der Waals surface area contributed by atoms with Crippen LogP contribution in [-0.4, -0.2) is 24.7 Å². The Labute approximate surface area is 158 Å². The first-order valence-electron chi connectivity index (χ1n) is 7.89. The third-order valence-corrected chi connectivity index (χ3v) is 3.45. The number of carbonyl (C=O) groups excluding carboxylic acids is 1. The molecular formula is C20H20N2O3S. The van der Waals surface area contributed by atoms with Gasteiger partial charge in [0, 0.05) is 23.4 Å². The van der Waals surface area contributed by atoms with Crippen molar-refractivity contribution in [2.45, 2.75) is 0 Å². The summed E-state index contributed by atoms with van der Waals surface area (Å²) in [6.07, 6.45) is 4.73. The second-order valence-electron chi connectivity index (χ2n) is 5.15. The molecule has 0 radical (unpaired) electrons. The zero-order valence-electron chi connectivity index (χ0n) is 14.4. The summed E-state index contributed by atoms with van der Waals surface area (Å²) >= 11 is 5.16. The zero-order valence-corrected chi connectivity index (χ0v) is 15.2. The van der Waals surface area contributed by atoms with Crippen LogP contribution in [0.15, 0.2) is 67.3 Å². The highest BCUT2D eigenvalue weighted by molar-refractivity contribution is 7.80. The summed E-state index contributed by atoms with van der Waals surface area (Å²) in [5, 5.41) is 5.74. The molecule has 0 fully saturated rings. The van der Waals surface area contributed by atoms with E-state index < -0.39 is 0 Å². The Balaban J connectivity index is 1.92. The lowest BCUT2D eigenvalue weighted by atomic mass is 10.2. The van der Waals surface area contributed by atoms with Gasteiger partial charge >= 0.3 is 0 Å². The molecule has 26 heavy (non-hydrogen) atoms. The molecule has 0 saturated carbocycles. The number of anilines is 1. The standard InChI is InChI=1S/C20H20N2O3S/c1-3-13-25-17-9-6-8-16(14-17)21-20(26)22-19(23)12-11-15-7-4-5-10-18(15)24-2/h3-12,14H,1,13H2,2H3,(H2,21,22,23,26)/b12-11+. The van der Waals surface area contributed by atoms with Gasteiger partial charge in [-0.05, 0) is 36.5 Å². The molecule has 0 unspecified atom stereocenters. The number of rotatable bonds is 7. The SMILES string of the molecule is C=CCOc1cccc(NC(=S)NC(=O)/C=C/c2ccccc2OC)c1. The number of nitrogens with one attached hydrogen (secondary N) is 2. The Hall–Kier alpha value is -3.12. The minimum absolute atomic E-state index is 0.195. The quantitative estimate of drug-likeness (QED) is 0.442. The summed E-state index contributed by atoms with van der Waals surface area (Å²) in [5.74, 6) is 1.03. The Bertz CT molecular complexity index is 818. The van der Waals surface area contributed by atoms with Crippen molar-refractivity contribution in [3.63, 3.8) is 0 Å². The summed E-state index contributed by atoms with van der Waals surface area (Å²) in [5.41, 5.74) is 1.52. The van der Waals surface area contributed by atoms with Gasteiger partial charge in [-0.3, -0.25) is 10.1 Å². The lowest BCUT2D eigenvalue weighted by Crippen LogP contribution is -2.32. The molecular weight excluding hydrogens is 348 g/mol. The molecule has 0 atom stereocenters. The molecule has 1 amide bonds. The molecule has 5 nitrogen and oxygen atoms in total. The van der Waals surface area contributed by atoms with Gasteiger partial charge in [0.25, 0.3) is 0 Å². The van der Waals surface area contributed by atoms with Crippen LogP contribution in [0.3, 0.4) is 0 Å². The maximum atomic E-state index is 12.0.